The molecule has 0 radical (unpaired) electrons. The maximum absolute atomic E-state index is 12.4. The second-order valence-corrected chi connectivity index (χ2v) is 6.23. The molecule has 118 valence electrons. The lowest BCUT2D eigenvalue weighted by Crippen LogP contribution is -2.19. The molecular weight excluding hydrogens is 322 g/mol. The first-order valence-corrected chi connectivity index (χ1v) is 7.90. The fourth-order valence-corrected chi connectivity index (χ4v) is 3.12. The van der Waals surface area contributed by atoms with Gasteiger partial charge in [0.25, 0.3) is 11.8 Å². The van der Waals surface area contributed by atoms with Crippen molar-refractivity contribution in [3.05, 3.63) is 53.6 Å². The molecule has 23 heavy (non-hydrogen) atoms. The molecule has 0 fully saturated rings. The van der Waals surface area contributed by atoms with Gasteiger partial charge >= 0.3 is 10.1 Å². The molecule has 0 saturated heterocycles. The summed E-state index contributed by atoms with van der Waals surface area (Å²) in [6.45, 7) is 0. The molecule has 7 nitrogen and oxygen atoms in total. The molecule has 0 aromatic heterocycles. The molecule has 0 spiro atoms. The summed E-state index contributed by atoms with van der Waals surface area (Å²) in [5.41, 5.74) is 0.131. The highest BCUT2D eigenvalue weighted by Gasteiger charge is 2.29. The zero-order valence-electron chi connectivity index (χ0n) is 11.9. The number of ether oxygens (including phenoxy) is 1. The van der Waals surface area contributed by atoms with Gasteiger partial charge in [-0.25, -0.2) is 0 Å². The van der Waals surface area contributed by atoms with E-state index in [0.717, 1.165) is 6.07 Å². The fourth-order valence-electron chi connectivity index (χ4n) is 2.16. The number of imide groups is 1. The molecule has 1 heterocycles. The van der Waals surface area contributed by atoms with Crippen molar-refractivity contribution in [3.8, 4) is 11.5 Å². The minimum Gasteiger partial charge on any atom is -0.493 e. The molecule has 8 heteroatoms. The molecule has 0 saturated carbocycles. The summed E-state index contributed by atoms with van der Waals surface area (Å²) < 4.78 is 34.8. The minimum atomic E-state index is -4.18. The van der Waals surface area contributed by atoms with Crippen molar-refractivity contribution in [3.63, 3.8) is 0 Å². The Balaban J connectivity index is 2.00. The highest BCUT2D eigenvalue weighted by molar-refractivity contribution is 7.87. The maximum atomic E-state index is 12.4. The Morgan fingerprint density at radius 3 is 2.26 bits per heavy atom. The van der Waals surface area contributed by atoms with Crippen LogP contribution in [0, 0.1) is 0 Å². The summed E-state index contributed by atoms with van der Waals surface area (Å²) in [5.74, 6) is -0.917. The first-order valence-electron chi connectivity index (χ1n) is 6.49. The van der Waals surface area contributed by atoms with Crippen LogP contribution in [0.5, 0.6) is 11.5 Å². The van der Waals surface area contributed by atoms with Crippen molar-refractivity contribution in [2.75, 3.05) is 7.11 Å². The van der Waals surface area contributed by atoms with E-state index in [0.29, 0.717) is 0 Å². The maximum Gasteiger partial charge on any atom is 0.339 e. The molecule has 0 atom stereocenters. The number of para-hydroxylation sites is 2. The Kier molecular flexibility index (Phi) is 3.53. The zero-order chi connectivity index (χ0) is 16.6. The summed E-state index contributed by atoms with van der Waals surface area (Å²) in [6.07, 6.45) is 0. The Morgan fingerprint density at radius 1 is 0.913 bits per heavy atom. The third kappa shape index (κ3) is 2.64. The van der Waals surface area contributed by atoms with Gasteiger partial charge in [0, 0.05) is 0 Å². The number of hydrogen-bond donors (Lipinski definition) is 1. The average molecular weight is 333 g/mol. The highest BCUT2D eigenvalue weighted by Crippen LogP contribution is 2.30. The molecule has 0 unspecified atom stereocenters. The van der Waals surface area contributed by atoms with E-state index in [1.807, 2.05) is 0 Å². The van der Waals surface area contributed by atoms with Crippen molar-refractivity contribution in [2.45, 2.75) is 4.90 Å². The van der Waals surface area contributed by atoms with Crippen LogP contribution in [0.1, 0.15) is 20.7 Å². The normalized spacial score (nSPS) is 13.4. The molecular formula is C15H11NO6S. The number of hydrogen-bond acceptors (Lipinski definition) is 6. The van der Waals surface area contributed by atoms with E-state index in [1.165, 1.54) is 25.3 Å². The lowest BCUT2D eigenvalue weighted by molar-refractivity contribution is 0.0879. The largest absolute Gasteiger partial charge is 0.493 e. The molecule has 1 aliphatic rings. The Bertz CT molecular complexity index is 919. The highest BCUT2D eigenvalue weighted by atomic mass is 32.2. The van der Waals surface area contributed by atoms with Gasteiger partial charge in [0.05, 0.1) is 18.2 Å². The summed E-state index contributed by atoms with van der Waals surface area (Å²) in [7, 11) is -2.79. The SMILES string of the molecule is COc1ccccc1OS(=O)(=O)c1ccc2c(c1)C(=O)NC2=O. The van der Waals surface area contributed by atoms with Crippen molar-refractivity contribution in [1.29, 1.82) is 0 Å². The standard InChI is InChI=1S/C15H11NO6S/c1-21-12-4-2-3-5-13(12)22-23(19,20)9-6-7-10-11(8-9)15(18)16-14(10)17/h2-8H,1H3,(H,16,17,18). The predicted molar refractivity (Wildman–Crippen MR) is 79.0 cm³/mol. The van der Waals surface area contributed by atoms with Crippen LogP contribution in [0.4, 0.5) is 0 Å². The molecule has 2 aromatic rings. The van der Waals surface area contributed by atoms with E-state index in [9.17, 15) is 18.0 Å². The number of fused-ring (bicyclic) bond motifs is 1. The summed E-state index contributed by atoms with van der Waals surface area (Å²) in [5, 5.41) is 2.10. The van der Waals surface area contributed by atoms with Gasteiger partial charge in [-0.3, -0.25) is 14.9 Å². The van der Waals surface area contributed by atoms with Crippen LogP contribution in [0.3, 0.4) is 0 Å². The van der Waals surface area contributed by atoms with Crippen molar-refractivity contribution < 1.29 is 26.9 Å². The van der Waals surface area contributed by atoms with Crippen LogP contribution in [0.25, 0.3) is 0 Å². The lowest BCUT2D eigenvalue weighted by Gasteiger charge is -2.10. The number of benzene rings is 2. The topological polar surface area (TPSA) is 98.8 Å². The monoisotopic (exact) mass is 333 g/mol. The minimum absolute atomic E-state index is 0.000276. The van der Waals surface area contributed by atoms with Gasteiger partial charge in [-0.1, -0.05) is 12.1 Å². The molecule has 3 rings (SSSR count). The van der Waals surface area contributed by atoms with Crippen LogP contribution in [-0.2, 0) is 10.1 Å². The number of nitrogens with one attached hydrogen (secondary N) is 1. The number of amides is 2. The summed E-state index contributed by atoms with van der Waals surface area (Å²) in [6, 6.07) is 9.86. The third-order valence-electron chi connectivity index (χ3n) is 3.26. The molecule has 0 aliphatic carbocycles. The quantitative estimate of drug-likeness (QED) is 0.670. The fraction of sp³-hybridized carbons (Fsp3) is 0.0667. The molecule has 1 N–H and O–H groups in total. The van der Waals surface area contributed by atoms with Gasteiger partial charge in [0.1, 0.15) is 4.90 Å². The van der Waals surface area contributed by atoms with Gasteiger partial charge in [-0.15, -0.1) is 0 Å². The van der Waals surface area contributed by atoms with Gasteiger partial charge in [-0.2, -0.15) is 8.42 Å². The lowest BCUT2D eigenvalue weighted by atomic mass is 10.1. The van der Waals surface area contributed by atoms with E-state index in [4.69, 9.17) is 8.92 Å². The van der Waals surface area contributed by atoms with E-state index < -0.39 is 21.9 Å². The summed E-state index contributed by atoms with van der Waals surface area (Å²) in [4.78, 5) is 22.9. The number of methoxy groups -OCH3 is 1. The molecule has 2 aromatic carbocycles. The van der Waals surface area contributed by atoms with Gasteiger partial charge in [-0.05, 0) is 30.3 Å². The Morgan fingerprint density at radius 2 is 1.57 bits per heavy atom. The third-order valence-corrected chi connectivity index (χ3v) is 4.49. The Labute approximate surface area is 132 Å². The predicted octanol–water partition coefficient (Wildman–Crippen LogP) is 1.35. The van der Waals surface area contributed by atoms with E-state index in [1.54, 1.807) is 18.2 Å². The first-order chi connectivity index (χ1) is 10.9. The van der Waals surface area contributed by atoms with Crippen LogP contribution < -0.4 is 14.2 Å². The second-order valence-electron chi connectivity index (χ2n) is 4.68. The van der Waals surface area contributed by atoms with Crippen LogP contribution in [0.15, 0.2) is 47.4 Å². The zero-order valence-corrected chi connectivity index (χ0v) is 12.7. The van der Waals surface area contributed by atoms with E-state index >= 15 is 0 Å². The van der Waals surface area contributed by atoms with E-state index in [-0.39, 0.29) is 27.5 Å². The van der Waals surface area contributed by atoms with Crippen LogP contribution >= 0.6 is 0 Å². The van der Waals surface area contributed by atoms with Crippen molar-refractivity contribution in [2.24, 2.45) is 0 Å². The summed E-state index contributed by atoms with van der Waals surface area (Å²) >= 11 is 0. The van der Waals surface area contributed by atoms with E-state index in [2.05, 4.69) is 5.32 Å². The van der Waals surface area contributed by atoms with Crippen LogP contribution in [-0.4, -0.2) is 27.3 Å². The number of carbonyl (C=O) groups excluding carboxylic acids is 2. The van der Waals surface area contributed by atoms with Gasteiger partial charge in [0.2, 0.25) is 0 Å². The first kappa shape index (κ1) is 15.0. The molecule has 2 amide bonds. The van der Waals surface area contributed by atoms with Crippen LogP contribution in [0.2, 0.25) is 0 Å². The van der Waals surface area contributed by atoms with Gasteiger partial charge < -0.3 is 8.92 Å². The molecule has 1 aliphatic heterocycles. The van der Waals surface area contributed by atoms with Gasteiger partial charge in [0.15, 0.2) is 11.5 Å². The van der Waals surface area contributed by atoms with Crippen molar-refractivity contribution in [1.82, 2.24) is 5.32 Å². The number of carbonyl (C=O) groups is 2. The molecule has 0 bridgehead atoms. The Hall–Kier alpha value is -2.87. The smallest absolute Gasteiger partial charge is 0.339 e. The average Bonchev–Trinajstić information content (AvgIpc) is 2.82. The number of rotatable bonds is 4. The second kappa shape index (κ2) is 5.40. The van der Waals surface area contributed by atoms with Crippen molar-refractivity contribution >= 4 is 21.9 Å².